The van der Waals surface area contributed by atoms with Crippen molar-refractivity contribution in [3.63, 3.8) is 0 Å². The van der Waals surface area contributed by atoms with Crippen molar-refractivity contribution < 1.29 is 32.6 Å². The number of pyridine rings is 1. The molecule has 0 aromatic carbocycles. The second kappa shape index (κ2) is 8.61. The van der Waals surface area contributed by atoms with Crippen molar-refractivity contribution in [2.45, 2.75) is 50.9 Å². The minimum Gasteiger partial charge on any atom is -0.494 e. The van der Waals surface area contributed by atoms with Crippen molar-refractivity contribution in [1.82, 2.24) is 19.4 Å². The number of carbonyl (C=O) groups excluding carboxylic acids is 2. The first-order chi connectivity index (χ1) is 15.2. The van der Waals surface area contributed by atoms with Gasteiger partial charge in [0.15, 0.2) is 5.69 Å². The van der Waals surface area contributed by atoms with Crippen LogP contribution in [-0.4, -0.2) is 74.7 Å². The molecule has 1 N–H and O–H groups in total. The van der Waals surface area contributed by atoms with Crippen LogP contribution in [0.3, 0.4) is 0 Å². The Morgan fingerprint density at radius 3 is 2.53 bits per heavy atom. The number of ether oxygens (including phenoxy) is 1. The summed E-state index contributed by atoms with van der Waals surface area (Å²) < 4.78 is 46.5. The Morgan fingerprint density at radius 1 is 1.19 bits per heavy atom. The van der Waals surface area contributed by atoms with Crippen molar-refractivity contribution >= 4 is 17.3 Å². The van der Waals surface area contributed by atoms with Gasteiger partial charge in [-0.05, 0) is 38.7 Å². The molecule has 2 aromatic heterocycles. The van der Waals surface area contributed by atoms with Gasteiger partial charge in [0.1, 0.15) is 18.0 Å². The van der Waals surface area contributed by atoms with E-state index >= 15 is 0 Å². The summed E-state index contributed by atoms with van der Waals surface area (Å²) in [5.41, 5.74) is -1.12. The largest absolute Gasteiger partial charge is 0.494 e. The summed E-state index contributed by atoms with van der Waals surface area (Å²) in [5.74, 6) is -0.760. The van der Waals surface area contributed by atoms with E-state index in [1.165, 1.54) is 17.0 Å². The van der Waals surface area contributed by atoms with Gasteiger partial charge in [0.25, 0.3) is 5.91 Å². The molecule has 2 aromatic rings. The van der Waals surface area contributed by atoms with Crippen LogP contribution in [0.1, 0.15) is 48.8 Å². The van der Waals surface area contributed by atoms with E-state index in [0.29, 0.717) is 23.9 Å². The fourth-order valence-electron chi connectivity index (χ4n) is 4.41. The smallest absolute Gasteiger partial charge is 0.433 e. The van der Waals surface area contributed by atoms with Gasteiger partial charge in [-0.15, -0.1) is 0 Å². The maximum atomic E-state index is 13.5. The van der Waals surface area contributed by atoms with Gasteiger partial charge in [-0.1, -0.05) is 0 Å². The average Bonchev–Trinajstić information content (AvgIpc) is 3.17. The number of amides is 2. The van der Waals surface area contributed by atoms with Gasteiger partial charge in [-0.2, -0.15) is 18.3 Å². The molecule has 0 atom stereocenters. The topological polar surface area (TPSA) is 87.4 Å². The minimum absolute atomic E-state index is 0.0348. The van der Waals surface area contributed by atoms with Gasteiger partial charge < -0.3 is 19.6 Å². The molecule has 32 heavy (non-hydrogen) atoms. The molecule has 174 valence electrons. The third-order valence-electron chi connectivity index (χ3n) is 6.01. The molecule has 1 aliphatic heterocycles. The highest BCUT2D eigenvalue weighted by molar-refractivity contribution is 5.96. The number of alkyl halides is 3. The second-order valence-corrected chi connectivity index (χ2v) is 8.15. The Labute approximate surface area is 182 Å². The fourth-order valence-corrected chi connectivity index (χ4v) is 4.41. The van der Waals surface area contributed by atoms with Crippen molar-refractivity contribution in [3.05, 3.63) is 29.6 Å². The van der Waals surface area contributed by atoms with E-state index in [0.717, 1.165) is 18.9 Å². The predicted octanol–water partition coefficient (Wildman–Crippen LogP) is 2.34. The zero-order valence-corrected chi connectivity index (χ0v) is 17.6. The normalized spacial score (nSPS) is 22.5. The van der Waals surface area contributed by atoms with Gasteiger partial charge in [-0.25, -0.2) is 4.52 Å². The van der Waals surface area contributed by atoms with Gasteiger partial charge in [0.05, 0.1) is 18.2 Å². The molecule has 0 bridgehead atoms. The number of hydrogen-bond donors (Lipinski definition) is 1. The Kier molecular flexibility index (Phi) is 6.02. The van der Waals surface area contributed by atoms with Crippen molar-refractivity contribution in [1.29, 1.82) is 0 Å². The van der Waals surface area contributed by atoms with Crippen molar-refractivity contribution in [2.75, 3.05) is 26.2 Å². The number of nitrogens with zero attached hydrogens (tertiary/aromatic N) is 4. The summed E-state index contributed by atoms with van der Waals surface area (Å²) in [5, 5.41) is 13.6. The summed E-state index contributed by atoms with van der Waals surface area (Å²) in [7, 11) is 0. The molecule has 0 radical (unpaired) electrons. The van der Waals surface area contributed by atoms with Crippen LogP contribution in [0.4, 0.5) is 13.2 Å². The van der Waals surface area contributed by atoms with Gasteiger partial charge in [0, 0.05) is 31.3 Å². The van der Waals surface area contributed by atoms with E-state index in [1.54, 1.807) is 11.8 Å². The summed E-state index contributed by atoms with van der Waals surface area (Å²) >= 11 is 0. The van der Waals surface area contributed by atoms with Crippen molar-refractivity contribution in [3.8, 4) is 5.75 Å². The van der Waals surface area contributed by atoms with Crippen molar-refractivity contribution in [2.24, 2.45) is 0 Å². The number of aliphatic hydroxyl groups excluding tert-OH is 1. The molecule has 2 fully saturated rings. The number of rotatable bonds is 4. The lowest BCUT2D eigenvalue weighted by atomic mass is 9.91. The molecule has 1 saturated carbocycles. The standard InChI is InChI=1S/C21H25F3N4O4/c1-2-32-16-9-14-10-17(25-28(14)18(11-16)21(22,23)24)20(31)26-7-8-27(19(30)12-26)13-3-5-15(29)6-4-13/h9-11,13,15,29H,2-8,12H2,1H3. The van der Waals surface area contributed by atoms with Gasteiger partial charge in [0.2, 0.25) is 5.91 Å². The molecule has 2 amide bonds. The van der Waals surface area contributed by atoms with E-state index in [9.17, 15) is 27.9 Å². The number of halogens is 3. The number of aliphatic hydroxyl groups is 1. The molecule has 4 rings (SSSR count). The number of aromatic nitrogens is 2. The Hall–Kier alpha value is -2.82. The molecule has 0 spiro atoms. The first-order valence-electron chi connectivity index (χ1n) is 10.7. The molecule has 11 heteroatoms. The number of hydrogen-bond acceptors (Lipinski definition) is 5. The first kappa shape index (κ1) is 22.4. The van der Waals surface area contributed by atoms with E-state index in [1.807, 2.05) is 0 Å². The lowest BCUT2D eigenvalue weighted by Gasteiger charge is -2.41. The highest BCUT2D eigenvalue weighted by Crippen LogP contribution is 2.33. The maximum Gasteiger partial charge on any atom is 0.433 e. The highest BCUT2D eigenvalue weighted by Gasteiger charge is 2.37. The summed E-state index contributed by atoms with van der Waals surface area (Å²) in [6, 6.07) is 3.56. The molecule has 1 aliphatic carbocycles. The Morgan fingerprint density at radius 2 is 1.91 bits per heavy atom. The van der Waals surface area contributed by atoms with Gasteiger partial charge in [-0.3, -0.25) is 9.59 Å². The Balaban J connectivity index is 1.53. The number of fused-ring (bicyclic) bond motifs is 1. The van der Waals surface area contributed by atoms with Crippen LogP contribution < -0.4 is 4.74 Å². The maximum absolute atomic E-state index is 13.5. The number of piperazine rings is 1. The summed E-state index contributed by atoms with van der Waals surface area (Å²) in [6.07, 6.45) is -2.30. The summed E-state index contributed by atoms with van der Waals surface area (Å²) in [4.78, 5) is 28.7. The van der Waals surface area contributed by atoms with E-state index < -0.39 is 17.8 Å². The van der Waals surface area contributed by atoms with E-state index in [2.05, 4.69) is 5.10 Å². The molecule has 2 aliphatic rings. The van der Waals surface area contributed by atoms with Crippen LogP contribution in [-0.2, 0) is 11.0 Å². The van der Waals surface area contributed by atoms with E-state index in [-0.39, 0.29) is 54.7 Å². The zero-order chi connectivity index (χ0) is 23.0. The second-order valence-electron chi connectivity index (χ2n) is 8.15. The predicted molar refractivity (Wildman–Crippen MR) is 107 cm³/mol. The van der Waals surface area contributed by atoms with Gasteiger partial charge >= 0.3 is 6.18 Å². The average molecular weight is 454 g/mol. The van der Waals surface area contributed by atoms with Crippen LogP contribution >= 0.6 is 0 Å². The lowest BCUT2D eigenvalue weighted by molar-refractivity contribution is -0.142. The molecular weight excluding hydrogens is 429 g/mol. The zero-order valence-electron chi connectivity index (χ0n) is 17.6. The molecule has 8 nitrogen and oxygen atoms in total. The van der Waals surface area contributed by atoms with Crippen LogP contribution in [0.25, 0.3) is 5.52 Å². The summed E-state index contributed by atoms with van der Waals surface area (Å²) in [6.45, 7) is 2.32. The fraction of sp³-hybridized carbons (Fsp3) is 0.571. The quantitative estimate of drug-likeness (QED) is 0.767. The first-order valence-corrected chi connectivity index (χ1v) is 10.7. The number of carbonyl (C=O) groups is 2. The molecule has 3 heterocycles. The SMILES string of the molecule is CCOc1cc(C(F)(F)F)n2nc(C(=O)N3CCN(C4CCC(O)CC4)C(=O)C3)cc2c1. The third kappa shape index (κ3) is 4.38. The monoisotopic (exact) mass is 454 g/mol. The van der Waals surface area contributed by atoms with Crippen LogP contribution in [0.15, 0.2) is 18.2 Å². The molecular formula is C21H25F3N4O4. The van der Waals surface area contributed by atoms with E-state index in [4.69, 9.17) is 4.74 Å². The Bertz CT molecular complexity index is 1010. The van der Waals surface area contributed by atoms with Crippen LogP contribution in [0, 0.1) is 0 Å². The lowest BCUT2D eigenvalue weighted by Crippen LogP contribution is -2.56. The molecule has 1 saturated heterocycles. The third-order valence-corrected chi connectivity index (χ3v) is 6.01. The molecule has 0 unspecified atom stereocenters. The highest BCUT2D eigenvalue weighted by atomic mass is 19.4. The minimum atomic E-state index is -4.69. The van der Waals surface area contributed by atoms with Crippen LogP contribution in [0.5, 0.6) is 5.75 Å². The van der Waals surface area contributed by atoms with Crippen LogP contribution in [0.2, 0.25) is 0 Å².